The van der Waals surface area contributed by atoms with Gasteiger partial charge in [0.15, 0.2) is 0 Å². The molecule has 0 heterocycles. The third-order valence-electron chi connectivity index (χ3n) is 4.58. The molecule has 3 aromatic carbocycles. The summed E-state index contributed by atoms with van der Waals surface area (Å²) in [5, 5.41) is 2.74. The predicted molar refractivity (Wildman–Crippen MR) is 120 cm³/mol. The number of anilines is 1. The smallest absolute Gasteiger partial charge is 0.248 e. The largest absolute Gasteiger partial charge is 0.323 e. The first-order valence-electron chi connectivity index (χ1n) is 9.51. The number of benzene rings is 3. The van der Waals surface area contributed by atoms with Crippen LogP contribution in [0.5, 0.6) is 0 Å². The fourth-order valence-corrected chi connectivity index (χ4v) is 4.01. The molecule has 3 aromatic rings. The highest BCUT2D eigenvalue weighted by Gasteiger charge is 2.20. The molecule has 5 nitrogen and oxygen atoms in total. The molecule has 1 N–H and O–H groups in total. The first kappa shape index (κ1) is 21.5. The number of rotatable bonds is 7. The van der Waals surface area contributed by atoms with Crippen LogP contribution in [0.1, 0.15) is 16.7 Å². The lowest BCUT2D eigenvalue weighted by Gasteiger charge is -2.17. The van der Waals surface area contributed by atoms with E-state index in [0.29, 0.717) is 5.69 Å². The van der Waals surface area contributed by atoms with Crippen LogP contribution in [0.2, 0.25) is 0 Å². The van der Waals surface area contributed by atoms with Gasteiger partial charge in [0.2, 0.25) is 15.9 Å². The van der Waals surface area contributed by atoms with Crippen molar-refractivity contribution < 1.29 is 13.2 Å². The molecule has 0 fully saturated rings. The zero-order chi connectivity index (χ0) is 21.6. The molecule has 0 radical (unpaired) electrons. The van der Waals surface area contributed by atoms with E-state index in [1.54, 1.807) is 25.3 Å². The van der Waals surface area contributed by atoms with Crippen molar-refractivity contribution in [2.75, 3.05) is 12.4 Å². The molecule has 0 aliphatic heterocycles. The summed E-state index contributed by atoms with van der Waals surface area (Å²) in [6.07, 6.45) is 3.18. The van der Waals surface area contributed by atoms with Crippen molar-refractivity contribution in [3.63, 3.8) is 0 Å². The molecule has 0 aliphatic carbocycles. The number of carbonyl (C=O) groups is 1. The van der Waals surface area contributed by atoms with Crippen molar-refractivity contribution in [2.24, 2.45) is 0 Å². The lowest BCUT2D eigenvalue weighted by molar-refractivity contribution is -0.111. The Bertz CT molecular complexity index is 1120. The van der Waals surface area contributed by atoms with E-state index in [0.717, 1.165) is 16.7 Å². The molecule has 0 aromatic heterocycles. The minimum absolute atomic E-state index is 0.175. The molecular weight excluding hydrogens is 396 g/mol. The molecule has 3 rings (SSSR count). The Hall–Kier alpha value is -3.22. The second-order valence-electron chi connectivity index (χ2n) is 7.00. The van der Waals surface area contributed by atoms with Crippen molar-refractivity contribution in [1.29, 1.82) is 0 Å². The molecule has 0 atom stereocenters. The molecule has 154 valence electrons. The van der Waals surface area contributed by atoms with Gasteiger partial charge in [-0.15, -0.1) is 0 Å². The molecule has 0 saturated carbocycles. The molecule has 0 unspecified atom stereocenters. The lowest BCUT2D eigenvalue weighted by atomic mass is 10.1. The van der Waals surface area contributed by atoms with Gasteiger partial charge in [-0.05, 0) is 48.4 Å². The van der Waals surface area contributed by atoms with E-state index in [4.69, 9.17) is 0 Å². The summed E-state index contributed by atoms with van der Waals surface area (Å²) in [4.78, 5) is 12.3. The normalized spacial score (nSPS) is 11.7. The highest BCUT2D eigenvalue weighted by Crippen LogP contribution is 2.19. The van der Waals surface area contributed by atoms with Gasteiger partial charge in [-0.3, -0.25) is 4.79 Å². The average Bonchev–Trinajstić information content (AvgIpc) is 2.74. The van der Waals surface area contributed by atoms with E-state index in [9.17, 15) is 13.2 Å². The summed E-state index contributed by atoms with van der Waals surface area (Å²) in [5.41, 5.74) is 3.52. The maximum absolute atomic E-state index is 12.8. The summed E-state index contributed by atoms with van der Waals surface area (Å²) in [6, 6.07) is 23.4. The summed E-state index contributed by atoms with van der Waals surface area (Å²) < 4.78 is 26.9. The zero-order valence-corrected chi connectivity index (χ0v) is 17.8. The van der Waals surface area contributed by atoms with Crippen molar-refractivity contribution >= 4 is 27.7 Å². The number of hydrogen-bond acceptors (Lipinski definition) is 3. The Balaban J connectivity index is 1.63. The summed E-state index contributed by atoms with van der Waals surface area (Å²) in [5.74, 6) is -0.285. The van der Waals surface area contributed by atoms with Crippen molar-refractivity contribution in [2.45, 2.75) is 18.4 Å². The topological polar surface area (TPSA) is 66.5 Å². The monoisotopic (exact) mass is 420 g/mol. The third-order valence-corrected chi connectivity index (χ3v) is 6.40. The lowest BCUT2D eigenvalue weighted by Crippen LogP contribution is -2.26. The Kier molecular flexibility index (Phi) is 6.82. The highest BCUT2D eigenvalue weighted by atomic mass is 32.2. The first-order chi connectivity index (χ1) is 14.3. The zero-order valence-electron chi connectivity index (χ0n) is 16.9. The van der Waals surface area contributed by atoms with Crippen LogP contribution in [-0.2, 0) is 21.4 Å². The third kappa shape index (κ3) is 5.65. The van der Waals surface area contributed by atoms with Crippen LogP contribution in [0.25, 0.3) is 6.08 Å². The van der Waals surface area contributed by atoms with Gasteiger partial charge in [-0.25, -0.2) is 8.42 Å². The van der Waals surface area contributed by atoms with Gasteiger partial charge < -0.3 is 5.32 Å². The predicted octanol–water partition coefficient (Wildman–Crippen LogP) is 4.47. The van der Waals surface area contributed by atoms with Crippen molar-refractivity contribution in [3.05, 3.63) is 102 Å². The van der Waals surface area contributed by atoms with E-state index in [1.807, 2.05) is 61.5 Å². The van der Waals surface area contributed by atoms with Crippen LogP contribution < -0.4 is 5.32 Å². The SMILES string of the molecule is Cc1ccc(/C=C/C(=O)Nc2ccc(S(=O)(=O)N(C)Cc3ccccc3)cc2)cc1. The fourth-order valence-electron chi connectivity index (χ4n) is 2.85. The number of nitrogens with one attached hydrogen (secondary N) is 1. The van der Waals surface area contributed by atoms with E-state index in [2.05, 4.69) is 5.32 Å². The Morgan fingerprint density at radius 3 is 2.20 bits per heavy atom. The van der Waals surface area contributed by atoms with E-state index in [1.165, 1.54) is 22.5 Å². The number of hydrogen-bond donors (Lipinski definition) is 1. The van der Waals surface area contributed by atoms with Gasteiger partial charge in [0.25, 0.3) is 0 Å². The Morgan fingerprint density at radius 2 is 1.57 bits per heavy atom. The molecular formula is C24H24N2O3S. The first-order valence-corrected chi connectivity index (χ1v) is 10.9. The van der Waals surface area contributed by atoms with Crippen LogP contribution in [-0.4, -0.2) is 25.7 Å². The van der Waals surface area contributed by atoms with Gasteiger partial charge in [0.1, 0.15) is 0 Å². The molecule has 30 heavy (non-hydrogen) atoms. The quantitative estimate of drug-likeness (QED) is 0.574. The molecule has 0 saturated heterocycles. The molecule has 6 heteroatoms. The number of carbonyl (C=O) groups excluding carboxylic acids is 1. The van der Waals surface area contributed by atoms with E-state index < -0.39 is 10.0 Å². The number of amides is 1. The molecule has 1 amide bonds. The van der Waals surface area contributed by atoms with Crippen LogP contribution in [0.3, 0.4) is 0 Å². The van der Waals surface area contributed by atoms with Crippen LogP contribution >= 0.6 is 0 Å². The number of aryl methyl sites for hydroxylation is 1. The summed E-state index contributed by atoms with van der Waals surface area (Å²) in [6.45, 7) is 2.29. The van der Waals surface area contributed by atoms with Gasteiger partial charge in [-0.2, -0.15) is 4.31 Å². The highest BCUT2D eigenvalue weighted by molar-refractivity contribution is 7.89. The average molecular weight is 421 g/mol. The number of nitrogens with zero attached hydrogens (tertiary/aromatic N) is 1. The van der Waals surface area contributed by atoms with Gasteiger partial charge in [0.05, 0.1) is 4.90 Å². The minimum Gasteiger partial charge on any atom is -0.323 e. The molecule has 0 spiro atoms. The summed E-state index contributed by atoms with van der Waals surface area (Å²) in [7, 11) is -2.08. The Labute approximate surface area is 177 Å². The summed E-state index contributed by atoms with van der Waals surface area (Å²) >= 11 is 0. The van der Waals surface area contributed by atoms with Gasteiger partial charge in [-0.1, -0.05) is 60.2 Å². The van der Waals surface area contributed by atoms with Crippen LogP contribution in [0.15, 0.2) is 89.8 Å². The van der Waals surface area contributed by atoms with E-state index >= 15 is 0 Å². The fraction of sp³-hybridized carbons (Fsp3) is 0.125. The van der Waals surface area contributed by atoms with Gasteiger partial charge >= 0.3 is 0 Å². The Morgan fingerprint density at radius 1 is 0.933 bits per heavy atom. The second kappa shape index (κ2) is 9.52. The maximum atomic E-state index is 12.8. The van der Waals surface area contributed by atoms with Gasteiger partial charge in [0, 0.05) is 25.4 Å². The molecule has 0 bridgehead atoms. The van der Waals surface area contributed by atoms with Crippen molar-refractivity contribution in [3.8, 4) is 0 Å². The van der Waals surface area contributed by atoms with Crippen LogP contribution in [0.4, 0.5) is 5.69 Å². The second-order valence-corrected chi connectivity index (χ2v) is 9.05. The van der Waals surface area contributed by atoms with Crippen molar-refractivity contribution in [1.82, 2.24) is 4.31 Å². The minimum atomic E-state index is -3.63. The van der Waals surface area contributed by atoms with Crippen LogP contribution in [0, 0.1) is 6.92 Å². The molecule has 0 aliphatic rings. The van der Waals surface area contributed by atoms with E-state index in [-0.39, 0.29) is 17.3 Å². The number of sulfonamides is 1. The maximum Gasteiger partial charge on any atom is 0.248 e. The standard InChI is InChI=1S/C24H24N2O3S/c1-19-8-10-20(11-9-19)12-17-24(27)25-22-13-15-23(16-14-22)30(28,29)26(2)18-21-6-4-3-5-7-21/h3-17H,18H2,1-2H3,(H,25,27)/b17-12+.